The number of carbonyl (C=O) groups is 1. The highest BCUT2D eigenvalue weighted by molar-refractivity contribution is 5.99. The summed E-state index contributed by atoms with van der Waals surface area (Å²) in [5.41, 5.74) is 2.91. The van der Waals surface area contributed by atoms with Crippen LogP contribution in [0.25, 0.3) is 0 Å². The molecule has 0 bridgehead atoms. The maximum atomic E-state index is 14.2. The van der Waals surface area contributed by atoms with Gasteiger partial charge in [0.25, 0.3) is 5.91 Å². The van der Waals surface area contributed by atoms with Crippen LogP contribution in [0.3, 0.4) is 0 Å². The Bertz CT molecular complexity index is 1480. The van der Waals surface area contributed by atoms with E-state index >= 15 is 0 Å². The summed E-state index contributed by atoms with van der Waals surface area (Å²) < 4.78 is 55.2. The Hall–Kier alpha value is -4.31. The monoisotopic (exact) mass is 590 g/mol. The summed E-state index contributed by atoms with van der Waals surface area (Å²) in [5.74, 6) is 0.358. The molecular formula is C33H33F3N4O3. The van der Waals surface area contributed by atoms with Crippen LogP contribution in [0.15, 0.2) is 91.1 Å². The highest BCUT2D eigenvalue weighted by Crippen LogP contribution is 2.44. The van der Waals surface area contributed by atoms with Crippen LogP contribution in [-0.2, 0) is 4.74 Å². The molecule has 43 heavy (non-hydrogen) atoms. The largest absolute Gasteiger partial charge is 0.497 e. The van der Waals surface area contributed by atoms with Gasteiger partial charge in [-0.05, 0) is 41.7 Å². The van der Waals surface area contributed by atoms with E-state index in [2.05, 4.69) is 10.4 Å². The third-order valence-electron chi connectivity index (χ3n) is 8.25. The van der Waals surface area contributed by atoms with Gasteiger partial charge in [0.1, 0.15) is 23.2 Å². The molecule has 7 nitrogen and oxygen atoms in total. The first-order valence-electron chi connectivity index (χ1n) is 14.4. The predicted molar refractivity (Wildman–Crippen MR) is 156 cm³/mol. The summed E-state index contributed by atoms with van der Waals surface area (Å²) in [6.45, 7) is 0.851. The molecule has 3 heterocycles. The summed E-state index contributed by atoms with van der Waals surface area (Å²) in [4.78, 5) is 15.4. The number of ether oxygens (including phenoxy) is 2. The van der Waals surface area contributed by atoms with Crippen molar-refractivity contribution >= 4 is 11.7 Å². The zero-order valence-electron chi connectivity index (χ0n) is 23.7. The second-order valence-corrected chi connectivity index (χ2v) is 10.9. The van der Waals surface area contributed by atoms with Gasteiger partial charge in [-0.3, -0.25) is 4.79 Å². The maximum Gasteiger partial charge on any atom is 0.410 e. The van der Waals surface area contributed by atoms with Crippen molar-refractivity contribution in [2.24, 2.45) is 0 Å². The van der Waals surface area contributed by atoms with Crippen molar-refractivity contribution < 1.29 is 27.4 Å². The molecule has 2 unspecified atom stereocenters. The summed E-state index contributed by atoms with van der Waals surface area (Å²) >= 11 is 0. The van der Waals surface area contributed by atoms with Crippen LogP contribution >= 0.6 is 0 Å². The van der Waals surface area contributed by atoms with Gasteiger partial charge in [0, 0.05) is 19.5 Å². The molecule has 1 saturated heterocycles. The first kappa shape index (κ1) is 28.8. The van der Waals surface area contributed by atoms with Gasteiger partial charge < -0.3 is 19.7 Å². The zero-order valence-corrected chi connectivity index (χ0v) is 23.7. The maximum absolute atomic E-state index is 14.2. The number of anilines is 1. The number of hydrogen-bond donors (Lipinski definition) is 1. The van der Waals surface area contributed by atoms with Gasteiger partial charge in [-0.1, -0.05) is 72.8 Å². The van der Waals surface area contributed by atoms with Crippen molar-refractivity contribution in [3.8, 4) is 5.75 Å². The van der Waals surface area contributed by atoms with E-state index in [0.717, 1.165) is 15.8 Å². The molecular weight excluding hydrogens is 557 g/mol. The standard InChI is InChI=1S/C33H33F3N4O3/c1-42-25-14-12-22(13-15-25)28-20-29(33(34,35)36)40-31(38-28)27(21-37-40)32(41)39-18-16-26(17-19-39)43-30(23-8-4-2-5-9-23)24-10-6-3-7-11-24/h2-15,21,26,28-30,38H,16-20H2,1H3. The number of rotatable bonds is 7. The Morgan fingerprint density at radius 3 is 2.09 bits per heavy atom. The Kier molecular flexibility index (Phi) is 8.12. The van der Waals surface area contributed by atoms with E-state index in [9.17, 15) is 18.0 Å². The molecule has 0 spiro atoms. The number of hydrogen-bond acceptors (Lipinski definition) is 5. The lowest BCUT2D eigenvalue weighted by Crippen LogP contribution is -2.42. The minimum Gasteiger partial charge on any atom is -0.497 e. The zero-order chi connectivity index (χ0) is 30.0. The second-order valence-electron chi connectivity index (χ2n) is 10.9. The second kappa shape index (κ2) is 12.1. The number of alkyl halides is 3. The lowest BCUT2D eigenvalue weighted by atomic mass is 9.96. The molecule has 3 aromatic carbocycles. The molecule has 6 rings (SSSR count). The number of fused-ring (bicyclic) bond motifs is 1. The van der Waals surface area contributed by atoms with E-state index in [0.29, 0.717) is 37.2 Å². The van der Waals surface area contributed by atoms with Crippen molar-refractivity contribution in [3.63, 3.8) is 0 Å². The van der Waals surface area contributed by atoms with Gasteiger partial charge in [0.15, 0.2) is 6.04 Å². The van der Waals surface area contributed by atoms with Gasteiger partial charge in [0.05, 0.1) is 25.5 Å². The Morgan fingerprint density at radius 2 is 1.53 bits per heavy atom. The lowest BCUT2D eigenvalue weighted by molar-refractivity contribution is -0.173. The van der Waals surface area contributed by atoms with Gasteiger partial charge in [0.2, 0.25) is 0 Å². The van der Waals surface area contributed by atoms with Crippen molar-refractivity contribution in [1.29, 1.82) is 0 Å². The summed E-state index contributed by atoms with van der Waals surface area (Å²) in [6, 6.07) is 24.4. The number of nitrogens with one attached hydrogen (secondary N) is 1. The van der Waals surface area contributed by atoms with Crippen molar-refractivity contribution in [3.05, 3.63) is 113 Å². The van der Waals surface area contributed by atoms with E-state index in [1.165, 1.54) is 13.3 Å². The number of carbonyl (C=O) groups excluding carboxylic acids is 1. The van der Waals surface area contributed by atoms with Crippen LogP contribution in [0.1, 0.15) is 64.5 Å². The number of piperidine rings is 1. The molecule has 4 aromatic rings. The fourth-order valence-corrected chi connectivity index (χ4v) is 5.94. The van der Waals surface area contributed by atoms with Crippen molar-refractivity contribution in [1.82, 2.24) is 14.7 Å². The predicted octanol–water partition coefficient (Wildman–Crippen LogP) is 6.96. The van der Waals surface area contributed by atoms with E-state index in [-0.39, 0.29) is 35.9 Å². The summed E-state index contributed by atoms with van der Waals surface area (Å²) in [5, 5.41) is 7.22. The average Bonchev–Trinajstić information content (AvgIpc) is 3.47. The third kappa shape index (κ3) is 6.10. The van der Waals surface area contributed by atoms with Crippen LogP contribution in [0.4, 0.5) is 19.0 Å². The number of likely N-dealkylation sites (tertiary alicyclic amines) is 1. The minimum atomic E-state index is -4.53. The fraction of sp³-hybridized carbons (Fsp3) is 0.333. The summed E-state index contributed by atoms with van der Waals surface area (Å²) in [7, 11) is 1.53. The molecule has 1 amide bonds. The van der Waals surface area contributed by atoms with Crippen LogP contribution in [-0.4, -0.2) is 53.1 Å². The molecule has 2 aliphatic heterocycles. The summed E-state index contributed by atoms with van der Waals surface area (Å²) in [6.07, 6.45) is -2.62. The third-order valence-corrected chi connectivity index (χ3v) is 8.25. The number of benzene rings is 3. The van der Waals surface area contributed by atoms with Gasteiger partial charge in [-0.15, -0.1) is 0 Å². The molecule has 1 N–H and O–H groups in total. The highest BCUT2D eigenvalue weighted by Gasteiger charge is 2.47. The number of methoxy groups -OCH3 is 1. The quantitative estimate of drug-likeness (QED) is 0.252. The number of halogens is 3. The van der Waals surface area contributed by atoms with Crippen LogP contribution in [0.2, 0.25) is 0 Å². The topological polar surface area (TPSA) is 68.6 Å². The molecule has 1 fully saturated rings. The number of aromatic nitrogens is 2. The molecule has 0 aliphatic carbocycles. The molecule has 10 heteroatoms. The fourth-order valence-electron chi connectivity index (χ4n) is 5.94. The molecule has 2 aliphatic rings. The first-order valence-corrected chi connectivity index (χ1v) is 14.4. The van der Waals surface area contributed by atoms with E-state index in [4.69, 9.17) is 9.47 Å². The average molecular weight is 591 g/mol. The van der Waals surface area contributed by atoms with Gasteiger partial charge in [-0.25, -0.2) is 4.68 Å². The van der Waals surface area contributed by atoms with E-state index in [1.54, 1.807) is 29.2 Å². The van der Waals surface area contributed by atoms with Gasteiger partial charge in [-0.2, -0.15) is 18.3 Å². The highest BCUT2D eigenvalue weighted by atomic mass is 19.4. The first-order chi connectivity index (χ1) is 20.8. The van der Waals surface area contributed by atoms with Crippen LogP contribution in [0.5, 0.6) is 5.75 Å². The SMILES string of the molecule is COc1ccc(C2CC(C(F)(F)F)n3ncc(C(=O)N4CCC(OC(c5ccccc5)c5ccccc5)CC4)c3N2)cc1. The number of amides is 1. The lowest BCUT2D eigenvalue weighted by Gasteiger charge is -2.36. The molecule has 1 aromatic heterocycles. The Labute approximate surface area is 248 Å². The van der Waals surface area contributed by atoms with Crippen molar-refractivity contribution in [2.45, 2.75) is 49.7 Å². The van der Waals surface area contributed by atoms with Crippen LogP contribution in [0, 0.1) is 0 Å². The van der Waals surface area contributed by atoms with E-state index in [1.807, 2.05) is 60.7 Å². The van der Waals surface area contributed by atoms with Crippen molar-refractivity contribution in [2.75, 3.05) is 25.5 Å². The molecule has 0 saturated carbocycles. The minimum absolute atomic E-state index is 0.0808. The molecule has 2 atom stereocenters. The van der Waals surface area contributed by atoms with Crippen LogP contribution < -0.4 is 10.1 Å². The Balaban J connectivity index is 1.18. The normalized spacial score (nSPS) is 19.1. The molecule has 0 radical (unpaired) electrons. The van der Waals surface area contributed by atoms with E-state index < -0.39 is 18.3 Å². The number of nitrogens with zero attached hydrogens (tertiary/aromatic N) is 3. The molecule has 224 valence electrons. The smallest absolute Gasteiger partial charge is 0.410 e. The van der Waals surface area contributed by atoms with Gasteiger partial charge >= 0.3 is 6.18 Å². The Morgan fingerprint density at radius 1 is 0.930 bits per heavy atom.